The van der Waals surface area contributed by atoms with Crippen molar-refractivity contribution in [2.45, 2.75) is 21.3 Å². The van der Waals surface area contributed by atoms with Crippen LogP contribution in [0.25, 0.3) is 6.08 Å². The number of carbonyl (C=O) groups excluding carboxylic acids is 1. The Bertz CT molecular complexity index is 1220. The molecule has 0 saturated carbocycles. The van der Waals surface area contributed by atoms with Gasteiger partial charge in [0.25, 0.3) is 5.91 Å². The van der Waals surface area contributed by atoms with E-state index in [2.05, 4.69) is 15.5 Å². The fourth-order valence-corrected chi connectivity index (χ4v) is 4.34. The molecule has 0 bridgehead atoms. The predicted octanol–water partition coefficient (Wildman–Crippen LogP) is 3.54. The second-order valence-electron chi connectivity index (χ2n) is 5.84. The van der Waals surface area contributed by atoms with Crippen LogP contribution in [0.4, 0.5) is 5.13 Å². The summed E-state index contributed by atoms with van der Waals surface area (Å²) in [6, 6.07) is 13.1. The summed E-state index contributed by atoms with van der Waals surface area (Å²) in [4.78, 5) is 13.3. The van der Waals surface area contributed by atoms with Gasteiger partial charge in [0, 0.05) is 17.2 Å². The highest BCUT2D eigenvalue weighted by molar-refractivity contribution is 7.99. The molecule has 8 nitrogen and oxygen atoms in total. The third-order valence-corrected chi connectivity index (χ3v) is 6.87. The lowest BCUT2D eigenvalue weighted by molar-refractivity contribution is -0.112. The number of anilines is 1. The lowest BCUT2D eigenvalue weighted by atomic mass is 10.2. The van der Waals surface area contributed by atoms with Crippen LogP contribution >= 0.6 is 23.1 Å². The summed E-state index contributed by atoms with van der Waals surface area (Å²) in [6.07, 6.45) is 2.29. The number of furan rings is 1. The quantitative estimate of drug-likeness (QED) is 0.346. The van der Waals surface area contributed by atoms with Crippen molar-refractivity contribution in [2.24, 2.45) is 0 Å². The van der Waals surface area contributed by atoms with Gasteiger partial charge in [-0.05, 0) is 31.2 Å². The van der Waals surface area contributed by atoms with E-state index < -0.39 is 15.7 Å². The zero-order valence-electron chi connectivity index (χ0n) is 15.2. The topological polar surface area (TPSA) is 126 Å². The fourth-order valence-electron chi connectivity index (χ4n) is 2.05. The molecule has 1 amide bonds. The molecular formula is C18H14N4O4S3. The maximum Gasteiger partial charge on any atom is 0.268 e. The average molecular weight is 447 g/mol. The van der Waals surface area contributed by atoms with Crippen LogP contribution in [0, 0.1) is 18.3 Å². The molecule has 0 atom stereocenters. The number of rotatable bonds is 6. The van der Waals surface area contributed by atoms with Crippen LogP contribution in [0.3, 0.4) is 0 Å². The van der Waals surface area contributed by atoms with Gasteiger partial charge < -0.3 is 4.42 Å². The molecule has 148 valence electrons. The van der Waals surface area contributed by atoms with Gasteiger partial charge in [-0.25, -0.2) is 8.42 Å². The van der Waals surface area contributed by atoms with Crippen molar-refractivity contribution in [3.63, 3.8) is 0 Å². The molecule has 0 radical (unpaired) electrons. The molecule has 1 aromatic carbocycles. The van der Waals surface area contributed by atoms with E-state index in [1.54, 1.807) is 18.2 Å². The van der Waals surface area contributed by atoms with Crippen molar-refractivity contribution in [1.29, 1.82) is 5.26 Å². The Balaban J connectivity index is 1.71. The number of carbonyl (C=O) groups is 1. The van der Waals surface area contributed by atoms with Gasteiger partial charge in [-0.15, -0.1) is 10.2 Å². The minimum absolute atomic E-state index is 0.0216. The minimum atomic E-state index is -3.52. The average Bonchev–Trinajstić information content (AvgIpc) is 3.31. The van der Waals surface area contributed by atoms with E-state index in [-0.39, 0.29) is 15.0 Å². The van der Waals surface area contributed by atoms with Gasteiger partial charge in [0.1, 0.15) is 17.4 Å². The molecule has 1 N–H and O–H groups in total. The summed E-state index contributed by atoms with van der Waals surface area (Å²) in [7, 11) is -3.52. The summed E-state index contributed by atoms with van der Waals surface area (Å²) in [6.45, 7) is 2.00. The molecule has 0 aliphatic heterocycles. The maximum absolute atomic E-state index is 12.3. The second kappa shape index (κ2) is 8.60. The van der Waals surface area contributed by atoms with Gasteiger partial charge in [0.15, 0.2) is 5.09 Å². The van der Waals surface area contributed by atoms with Crippen molar-refractivity contribution in [3.8, 4) is 6.07 Å². The summed E-state index contributed by atoms with van der Waals surface area (Å²) in [5.74, 6) is -0.409. The van der Waals surface area contributed by atoms with Crippen LogP contribution in [0.15, 0.2) is 60.7 Å². The third-order valence-electron chi connectivity index (χ3n) is 3.44. The van der Waals surface area contributed by atoms with Crippen molar-refractivity contribution in [1.82, 2.24) is 10.2 Å². The number of aryl methyl sites for hydroxylation is 1. The van der Waals surface area contributed by atoms with E-state index >= 15 is 0 Å². The summed E-state index contributed by atoms with van der Waals surface area (Å²) >= 11 is 2.12. The molecule has 2 heterocycles. The van der Waals surface area contributed by atoms with E-state index in [1.165, 1.54) is 17.8 Å². The van der Waals surface area contributed by atoms with Crippen LogP contribution < -0.4 is 5.32 Å². The number of nitriles is 1. The Labute approximate surface area is 175 Å². The van der Waals surface area contributed by atoms with Gasteiger partial charge in [0.2, 0.25) is 19.3 Å². The van der Waals surface area contributed by atoms with Crippen molar-refractivity contribution < 1.29 is 17.6 Å². The molecule has 3 aromatic rings. The van der Waals surface area contributed by atoms with Gasteiger partial charge in [0.05, 0.1) is 0 Å². The number of hydrogen-bond donors (Lipinski definition) is 1. The van der Waals surface area contributed by atoms with Crippen LogP contribution in [0.2, 0.25) is 0 Å². The molecule has 11 heteroatoms. The number of sulfone groups is 1. The molecule has 0 saturated heterocycles. The molecule has 0 aliphatic rings. The summed E-state index contributed by atoms with van der Waals surface area (Å²) < 4.78 is 28.3. The molecule has 29 heavy (non-hydrogen) atoms. The standard InChI is InChI=1S/C18H14N4O4S3/c1-11-3-6-14(7-4-11)27-15-8-5-13(26-15)9-12(10-19)16(23)20-17-21-22-18(28-17)29(2,24)25/h3-9H,1-2H3,(H,20,21,23)/b12-9-. The highest BCUT2D eigenvalue weighted by atomic mass is 32.2. The predicted molar refractivity (Wildman–Crippen MR) is 109 cm³/mol. The smallest absolute Gasteiger partial charge is 0.268 e. The molecule has 0 fully saturated rings. The van der Waals surface area contributed by atoms with Gasteiger partial charge in [-0.3, -0.25) is 10.1 Å². The zero-order valence-corrected chi connectivity index (χ0v) is 17.7. The highest BCUT2D eigenvalue weighted by Crippen LogP contribution is 2.30. The minimum Gasteiger partial charge on any atom is -0.450 e. The summed E-state index contributed by atoms with van der Waals surface area (Å²) in [5.41, 5.74) is 0.934. The number of hydrogen-bond acceptors (Lipinski definition) is 9. The van der Waals surface area contributed by atoms with E-state index in [0.717, 1.165) is 16.7 Å². The van der Waals surface area contributed by atoms with Crippen LogP contribution in [-0.2, 0) is 14.6 Å². The molecular weight excluding hydrogens is 432 g/mol. The Kier molecular flexibility index (Phi) is 6.17. The summed E-state index contributed by atoms with van der Waals surface area (Å²) in [5, 5.41) is 19.3. The Morgan fingerprint density at radius 3 is 2.59 bits per heavy atom. The zero-order chi connectivity index (χ0) is 21.0. The van der Waals surface area contributed by atoms with Crippen LogP contribution in [-0.4, -0.2) is 30.8 Å². The third kappa shape index (κ3) is 5.54. The van der Waals surface area contributed by atoms with Gasteiger partial charge >= 0.3 is 0 Å². The first-order chi connectivity index (χ1) is 13.7. The van der Waals surface area contributed by atoms with Crippen molar-refractivity contribution in [2.75, 3.05) is 11.6 Å². The molecule has 0 aliphatic carbocycles. The lowest BCUT2D eigenvalue weighted by Gasteiger charge is -1.99. The SMILES string of the molecule is Cc1ccc(Sc2ccc(/C=C(/C#N)C(=O)Nc3nnc(S(C)(=O)=O)s3)o2)cc1. The van der Waals surface area contributed by atoms with Crippen LogP contribution in [0.5, 0.6) is 0 Å². The Hall–Kier alpha value is -2.94. The fraction of sp³-hybridized carbons (Fsp3) is 0.111. The molecule has 0 spiro atoms. The lowest BCUT2D eigenvalue weighted by Crippen LogP contribution is -2.13. The number of amides is 1. The van der Waals surface area contributed by atoms with E-state index in [1.807, 2.05) is 31.2 Å². The number of aromatic nitrogens is 2. The second-order valence-corrected chi connectivity index (χ2v) is 10.1. The van der Waals surface area contributed by atoms with Gasteiger partial charge in [-0.2, -0.15) is 5.26 Å². The van der Waals surface area contributed by atoms with Crippen molar-refractivity contribution >= 4 is 50.1 Å². The van der Waals surface area contributed by atoms with E-state index in [4.69, 9.17) is 4.42 Å². The molecule has 2 aromatic heterocycles. The monoisotopic (exact) mass is 446 g/mol. The molecule has 3 rings (SSSR count). The highest BCUT2D eigenvalue weighted by Gasteiger charge is 2.18. The van der Waals surface area contributed by atoms with E-state index in [0.29, 0.717) is 22.2 Å². The largest absolute Gasteiger partial charge is 0.450 e. The normalized spacial score (nSPS) is 11.8. The number of benzene rings is 1. The first-order valence-electron chi connectivity index (χ1n) is 8.05. The number of nitrogens with one attached hydrogen (secondary N) is 1. The first kappa shape index (κ1) is 20.8. The Morgan fingerprint density at radius 2 is 1.97 bits per heavy atom. The Morgan fingerprint density at radius 1 is 1.24 bits per heavy atom. The van der Waals surface area contributed by atoms with Crippen molar-refractivity contribution in [3.05, 3.63) is 53.3 Å². The molecule has 0 unspecified atom stereocenters. The maximum atomic E-state index is 12.3. The van der Waals surface area contributed by atoms with E-state index in [9.17, 15) is 18.5 Å². The number of nitrogens with zero attached hydrogens (tertiary/aromatic N) is 3. The van der Waals surface area contributed by atoms with Crippen LogP contribution in [0.1, 0.15) is 11.3 Å². The van der Waals surface area contributed by atoms with Gasteiger partial charge in [-0.1, -0.05) is 40.8 Å². The first-order valence-corrected chi connectivity index (χ1v) is 11.6.